The van der Waals surface area contributed by atoms with Crippen LogP contribution in [-0.2, 0) is 14.3 Å². The van der Waals surface area contributed by atoms with E-state index in [1.807, 2.05) is 0 Å². The minimum atomic E-state index is -0.143. The standard InChI is InChI=1S/C12H22N2O3/c1-14-5-6-17-10(8-14)7-13-11(9-3-4-9)12(15)16-2/h9-11,13H,3-8H2,1-2H3. The molecule has 0 aromatic heterocycles. The molecule has 1 aliphatic carbocycles. The van der Waals surface area contributed by atoms with Crippen molar-refractivity contribution >= 4 is 5.97 Å². The van der Waals surface area contributed by atoms with Gasteiger partial charge in [0.25, 0.3) is 0 Å². The number of nitrogens with one attached hydrogen (secondary N) is 1. The van der Waals surface area contributed by atoms with Gasteiger partial charge in [0.15, 0.2) is 0 Å². The summed E-state index contributed by atoms with van der Waals surface area (Å²) in [4.78, 5) is 13.8. The minimum Gasteiger partial charge on any atom is -0.468 e. The molecular weight excluding hydrogens is 220 g/mol. The number of hydrogen-bond acceptors (Lipinski definition) is 5. The highest BCUT2D eigenvalue weighted by atomic mass is 16.5. The number of morpholine rings is 1. The number of rotatable bonds is 5. The average molecular weight is 242 g/mol. The van der Waals surface area contributed by atoms with Gasteiger partial charge < -0.3 is 19.7 Å². The summed E-state index contributed by atoms with van der Waals surface area (Å²) in [5, 5.41) is 3.30. The molecule has 0 amide bonds. The first kappa shape index (κ1) is 12.8. The van der Waals surface area contributed by atoms with Crippen LogP contribution in [0.5, 0.6) is 0 Å². The van der Waals surface area contributed by atoms with Crippen LogP contribution < -0.4 is 5.32 Å². The topological polar surface area (TPSA) is 50.8 Å². The first-order valence-electron chi connectivity index (χ1n) is 6.32. The van der Waals surface area contributed by atoms with Crippen molar-refractivity contribution in [1.29, 1.82) is 0 Å². The van der Waals surface area contributed by atoms with Crippen LogP contribution in [0.2, 0.25) is 0 Å². The van der Waals surface area contributed by atoms with E-state index in [9.17, 15) is 4.79 Å². The Bertz CT molecular complexity index is 268. The largest absolute Gasteiger partial charge is 0.468 e. The van der Waals surface area contributed by atoms with Gasteiger partial charge in [-0.1, -0.05) is 0 Å². The molecule has 1 heterocycles. The van der Waals surface area contributed by atoms with Gasteiger partial charge in [-0.15, -0.1) is 0 Å². The zero-order valence-corrected chi connectivity index (χ0v) is 10.6. The van der Waals surface area contributed by atoms with Crippen LogP contribution in [0.4, 0.5) is 0 Å². The summed E-state index contributed by atoms with van der Waals surface area (Å²) in [5.74, 6) is 0.320. The molecule has 2 unspecified atom stereocenters. The van der Waals surface area contributed by atoms with E-state index >= 15 is 0 Å². The second-order valence-corrected chi connectivity index (χ2v) is 5.00. The Balaban J connectivity index is 1.76. The lowest BCUT2D eigenvalue weighted by Crippen LogP contribution is -2.49. The van der Waals surface area contributed by atoms with Gasteiger partial charge in [0, 0.05) is 19.6 Å². The summed E-state index contributed by atoms with van der Waals surface area (Å²) in [6.07, 6.45) is 2.43. The fourth-order valence-electron chi connectivity index (χ4n) is 2.25. The molecule has 2 fully saturated rings. The zero-order chi connectivity index (χ0) is 12.3. The Morgan fingerprint density at radius 3 is 2.94 bits per heavy atom. The van der Waals surface area contributed by atoms with Crippen LogP contribution in [-0.4, -0.2) is 63.4 Å². The second kappa shape index (κ2) is 5.80. The van der Waals surface area contributed by atoms with E-state index in [2.05, 4.69) is 17.3 Å². The van der Waals surface area contributed by atoms with Crippen LogP contribution in [0.1, 0.15) is 12.8 Å². The van der Waals surface area contributed by atoms with E-state index in [0.29, 0.717) is 5.92 Å². The van der Waals surface area contributed by atoms with Gasteiger partial charge in [-0.05, 0) is 25.8 Å². The van der Waals surface area contributed by atoms with E-state index in [0.717, 1.165) is 39.1 Å². The minimum absolute atomic E-state index is 0.142. The summed E-state index contributed by atoms with van der Waals surface area (Å²) in [6.45, 7) is 3.40. The van der Waals surface area contributed by atoms with Crippen LogP contribution in [0.15, 0.2) is 0 Å². The van der Waals surface area contributed by atoms with Crippen LogP contribution in [0.25, 0.3) is 0 Å². The Morgan fingerprint density at radius 2 is 2.35 bits per heavy atom. The molecule has 1 saturated carbocycles. The van der Waals surface area contributed by atoms with Crippen molar-refractivity contribution in [2.24, 2.45) is 5.92 Å². The fraction of sp³-hybridized carbons (Fsp3) is 0.917. The van der Waals surface area contributed by atoms with Crippen molar-refractivity contribution in [2.75, 3.05) is 40.4 Å². The number of methoxy groups -OCH3 is 1. The molecule has 2 atom stereocenters. The SMILES string of the molecule is COC(=O)C(NCC1CN(C)CCO1)C1CC1. The smallest absolute Gasteiger partial charge is 0.323 e. The molecular formula is C12H22N2O3. The molecule has 0 spiro atoms. The Labute approximate surface area is 102 Å². The summed E-state index contributed by atoms with van der Waals surface area (Å²) in [6, 6.07) is -0.143. The highest BCUT2D eigenvalue weighted by Crippen LogP contribution is 2.33. The predicted molar refractivity (Wildman–Crippen MR) is 63.8 cm³/mol. The van der Waals surface area contributed by atoms with E-state index in [4.69, 9.17) is 9.47 Å². The summed E-state index contributed by atoms with van der Waals surface area (Å²) in [5.41, 5.74) is 0. The molecule has 1 saturated heterocycles. The maximum absolute atomic E-state index is 11.6. The van der Waals surface area contributed by atoms with E-state index < -0.39 is 0 Å². The van der Waals surface area contributed by atoms with Crippen molar-refractivity contribution in [1.82, 2.24) is 10.2 Å². The Hall–Kier alpha value is -0.650. The molecule has 98 valence electrons. The van der Waals surface area contributed by atoms with E-state index in [1.165, 1.54) is 7.11 Å². The molecule has 0 aromatic rings. The molecule has 0 radical (unpaired) electrons. The van der Waals surface area contributed by atoms with Crippen LogP contribution in [0, 0.1) is 5.92 Å². The predicted octanol–water partition coefficient (Wildman–Crippen LogP) is -0.142. The summed E-state index contributed by atoms with van der Waals surface area (Å²) in [7, 11) is 3.54. The molecule has 5 heteroatoms. The third kappa shape index (κ3) is 3.66. The highest BCUT2D eigenvalue weighted by Gasteiger charge is 2.37. The van der Waals surface area contributed by atoms with Crippen molar-refractivity contribution in [3.8, 4) is 0 Å². The molecule has 0 bridgehead atoms. The first-order chi connectivity index (χ1) is 8.20. The second-order valence-electron chi connectivity index (χ2n) is 5.00. The number of hydrogen-bond donors (Lipinski definition) is 1. The van der Waals surface area contributed by atoms with Gasteiger partial charge in [0.1, 0.15) is 6.04 Å². The van der Waals surface area contributed by atoms with Gasteiger partial charge >= 0.3 is 5.97 Å². The number of nitrogens with zero attached hydrogens (tertiary/aromatic N) is 1. The van der Waals surface area contributed by atoms with Crippen molar-refractivity contribution in [2.45, 2.75) is 25.0 Å². The van der Waals surface area contributed by atoms with E-state index in [1.54, 1.807) is 0 Å². The molecule has 1 N–H and O–H groups in total. The van der Waals surface area contributed by atoms with Gasteiger partial charge in [-0.3, -0.25) is 4.79 Å². The third-order valence-electron chi connectivity index (χ3n) is 3.46. The lowest BCUT2D eigenvalue weighted by Gasteiger charge is -2.31. The normalized spacial score (nSPS) is 27.8. The lowest BCUT2D eigenvalue weighted by molar-refractivity contribution is -0.144. The number of carbonyl (C=O) groups is 1. The van der Waals surface area contributed by atoms with Gasteiger partial charge in [0.05, 0.1) is 19.8 Å². The number of carbonyl (C=O) groups excluding carboxylic acids is 1. The van der Waals surface area contributed by atoms with Crippen LogP contribution in [0.3, 0.4) is 0 Å². The molecule has 1 aliphatic heterocycles. The third-order valence-corrected chi connectivity index (χ3v) is 3.46. The maximum Gasteiger partial charge on any atom is 0.323 e. The quantitative estimate of drug-likeness (QED) is 0.680. The molecule has 0 aromatic carbocycles. The zero-order valence-electron chi connectivity index (χ0n) is 10.6. The summed E-state index contributed by atoms with van der Waals surface area (Å²) < 4.78 is 10.5. The van der Waals surface area contributed by atoms with Gasteiger partial charge in [-0.2, -0.15) is 0 Å². The molecule has 5 nitrogen and oxygen atoms in total. The van der Waals surface area contributed by atoms with Gasteiger partial charge in [-0.25, -0.2) is 0 Å². The Kier molecular flexibility index (Phi) is 4.36. The molecule has 17 heavy (non-hydrogen) atoms. The summed E-state index contributed by atoms with van der Waals surface area (Å²) >= 11 is 0. The maximum atomic E-state index is 11.6. The Morgan fingerprint density at radius 1 is 1.59 bits per heavy atom. The average Bonchev–Trinajstić information content (AvgIpc) is 3.13. The van der Waals surface area contributed by atoms with Crippen molar-refractivity contribution < 1.29 is 14.3 Å². The number of likely N-dealkylation sites (N-methyl/N-ethyl adjacent to an activating group) is 1. The van der Waals surface area contributed by atoms with Crippen molar-refractivity contribution in [3.63, 3.8) is 0 Å². The monoisotopic (exact) mass is 242 g/mol. The van der Waals surface area contributed by atoms with Crippen LogP contribution >= 0.6 is 0 Å². The van der Waals surface area contributed by atoms with Gasteiger partial charge in [0.2, 0.25) is 0 Å². The number of esters is 1. The van der Waals surface area contributed by atoms with E-state index in [-0.39, 0.29) is 18.1 Å². The lowest BCUT2D eigenvalue weighted by atomic mass is 10.1. The first-order valence-corrected chi connectivity index (χ1v) is 6.32. The fourth-order valence-corrected chi connectivity index (χ4v) is 2.25. The molecule has 2 rings (SSSR count). The molecule has 2 aliphatic rings. The highest BCUT2D eigenvalue weighted by molar-refractivity contribution is 5.76. The number of ether oxygens (including phenoxy) is 2. The van der Waals surface area contributed by atoms with Crippen molar-refractivity contribution in [3.05, 3.63) is 0 Å².